The van der Waals surface area contributed by atoms with E-state index in [9.17, 15) is 0 Å². The number of aromatic nitrogens is 2. The van der Waals surface area contributed by atoms with Gasteiger partial charge in [-0.15, -0.1) is 10.2 Å². The largest absolute Gasteiger partial charge is 0.426 e. The molecule has 21 heavy (non-hydrogen) atoms. The van der Waals surface area contributed by atoms with Gasteiger partial charge in [0.1, 0.15) is 0 Å². The van der Waals surface area contributed by atoms with Crippen molar-refractivity contribution in [2.75, 3.05) is 0 Å². The Morgan fingerprint density at radius 1 is 1.10 bits per heavy atom. The van der Waals surface area contributed by atoms with Gasteiger partial charge >= 0.3 is 0 Å². The molecule has 0 amide bonds. The predicted octanol–water partition coefficient (Wildman–Crippen LogP) is 4.49. The van der Waals surface area contributed by atoms with E-state index < -0.39 is 0 Å². The zero-order chi connectivity index (χ0) is 14.7. The standard InChI is InChI=1S/C17H14ClN2O/c1-12-19-20-17(21-12)10-9-13-5-4-6-14(11-13)15-7-2-3-8-16(15)18/h2-9,11H,10H2,1H3. The Labute approximate surface area is 128 Å². The van der Waals surface area contributed by atoms with Crippen molar-refractivity contribution in [1.82, 2.24) is 10.2 Å². The van der Waals surface area contributed by atoms with Crippen molar-refractivity contribution in [3.05, 3.63) is 77.3 Å². The highest BCUT2D eigenvalue weighted by Crippen LogP contribution is 2.28. The second-order valence-corrected chi connectivity index (χ2v) is 5.14. The average molecular weight is 298 g/mol. The Kier molecular flexibility index (Phi) is 4.02. The van der Waals surface area contributed by atoms with E-state index >= 15 is 0 Å². The molecule has 0 bridgehead atoms. The van der Waals surface area contributed by atoms with Crippen LogP contribution in [0.1, 0.15) is 17.3 Å². The second kappa shape index (κ2) is 6.10. The third kappa shape index (κ3) is 3.31. The Bertz CT molecular complexity index is 752. The van der Waals surface area contributed by atoms with Gasteiger partial charge in [0.05, 0.1) is 0 Å². The zero-order valence-corrected chi connectivity index (χ0v) is 12.3. The van der Waals surface area contributed by atoms with E-state index in [2.05, 4.69) is 28.8 Å². The molecule has 0 saturated carbocycles. The molecule has 3 aromatic rings. The first kappa shape index (κ1) is 13.8. The van der Waals surface area contributed by atoms with Gasteiger partial charge in [0.15, 0.2) is 0 Å². The highest BCUT2D eigenvalue weighted by atomic mass is 35.5. The Morgan fingerprint density at radius 3 is 2.71 bits per heavy atom. The summed E-state index contributed by atoms with van der Waals surface area (Å²) in [5.74, 6) is 1.21. The van der Waals surface area contributed by atoms with Gasteiger partial charge in [-0.05, 0) is 23.6 Å². The van der Waals surface area contributed by atoms with E-state index in [0.717, 1.165) is 21.7 Å². The smallest absolute Gasteiger partial charge is 0.217 e. The van der Waals surface area contributed by atoms with E-state index in [1.54, 1.807) is 6.92 Å². The number of hydrogen-bond donors (Lipinski definition) is 0. The van der Waals surface area contributed by atoms with Gasteiger partial charge in [-0.2, -0.15) is 0 Å². The number of aryl methyl sites for hydroxylation is 1. The van der Waals surface area contributed by atoms with E-state index in [0.29, 0.717) is 18.2 Å². The summed E-state index contributed by atoms with van der Waals surface area (Å²) < 4.78 is 5.36. The van der Waals surface area contributed by atoms with Crippen LogP contribution in [0, 0.1) is 13.3 Å². The molecule has 0 aliphatic heterocycles. The molecule has 0 fully saturated rings. The SMILES string of the molecule is Cc1nnc(C[CH]c2cccc(-c3ccccc3Cl)c2)o1. The summed E-state index contributed by atoms with van der Waals surface area (Å²) in [5.41, 5.74) is 3.22. The fraction of sp³-hybridized carbons (Fsp3) is 0.118. The number of benzene rings is 2. The molecule has 0 unspecified atom stereocenters. The first-order valence-corrected chi connectivity index (χ1v) is 7.07. The molecule has 0 aliphatic rings. The fourth-order valence-corrected chi connectivity index (χ4v) is 2.40. The van der Waals surface area contributed by atoms with Crippen LogP contribution in [0.25, 0.3) is 11.1 Å². The van der Waals surface area contributed by atoms with Gasteiger partial charge in [-0.1, -0.05) is 54.1 Å². The normalized spacial score (nSPS) is 10.8. The molecular formula is C17H14ClN2O. The molecule has 105 valence electrons. The van der Waals surface area contributed by atoms with Crippen LogP contribution >= 0.6 is 11.6 Å². The van der Waals surface area contributed by atoms with Crippen molar-refractivity contribution in [3.8, 4) is 11.1 Å². The summed E-state index contributed by atoms with van der Waals surface area (Å²) in [6.07, 6.45) is 2.68. The summed E-state index contributed by atoms with van der Waals surface area (Å²) in [7, 11) is 0. The molecule has 3 rings (SSSR count). The predicted molar refractivity (Wildman–Crippen MR) is 83.0 cm³/mol. The second-order valence-electron chi connectivity index (χ2n) is 4.73. The van der Waals surface area contributed by atoms with Crippen molar-refractivity contribution in [2.24, 2.45) is 0 Å². The molecule has 4 heteroatoms. The lowest BCUT2D eigenvalue weighted by molar-refractivity contribution is 0.476. The summed E-state index contributed by atoms with van der Waals surface area (Å²) in [5, 5.41) is 8.56. The van der Waals surface area contributed by atoms with E-state index in [1.807, 2.05) is 36.4 Å². The van der Waals surface area contributed by atoms with Gasteiger partial charge in [-0.3, -0.25) is 0 Å². The van der Waals surface area contributed by atoms with Gasteiger partial charge in [0.2, 0.25) is 11.8 Å². The van der Waals surface area contributed by atoms with Gasteiger partial charge < -0.3 is 4.42 Å². The topological polar surface area (TPSA) is 38.9 Å². The quantitative estimate of drug-likeness (QED) is 0.712. The van der Waals surface area contributed by atoms with Crippen LogP contribution in [0.2, 0.25) is 5.02 Å². The first-order valence-electron chi connectivity index (χ1n) is 6.69. The molecule has 2 aromatic carbocycles. The highest BCUT2D eigenvalue weighted by Gasteiger charge is 2.06. The molecule has 1 aromatic heterocycles. The van der Waals surface area contributed by atoms with Crippen LogP contribution in [0.5, 0.6) is 0 Å². The monoisotopic (exact) mass is 297 g/mol. The molecule has 0 atom stereocenters. The first-order chi connectivity index (χ1) is 10.2. The summed E-state index contributed by atoms with van der Waals surface area (Å²) in [6, 6.07) is 16.0. The van der Waals surface area contributed by atoms with Crippen molar-refractivity contribution >= 4 is 11.6 Å². The summed E-state index contributed by atoms with van der Waals surface area (Å²) in [6.45, 7) is 1.79. The van der Waals surface area contributed by atoms with Crippen LogP contribution in [-0.4, -0.2) is 10.2 Å². The van der Waals surface area contributed by atoms with Crippen molar-refractivity contribution in [3.63, 3.8) is 0 Å². The minimum atomic E-state index is 0.586. The lowest BCUT2D eigenvalue weighted by Crippen LogP contribution is -1.90. The van der Waals surface area contributed by atoms with Crippen molar-refractivity contribution < 1.29 is 4.42 Å². The maximum Gasteiger partial charge on any atom is 0.217 e. The summed E-state index contributed by atoms with van der Waals surface area (Å²) >= 11 is 6.24. The molecule has 0 spiro atoms. The van der Waals surface area contributed by atoms with E-state index in [1.165, 1.54) is 0 Å². The zero-order valence-electron chi connectivity index (χ0n) is 11.6. The molecule has 0 N–H and O–H groups in total. The molecule has 0 aliphatic carbocycles. The number of nitrogens with zero attached hydrogens (tertiary/aromatic N) is 2. The Morgan fingerprint density at radius 2 is 1.95 bits per heavy atom. The van der Waals surface area contributed by atoms with E-state index in [4.69, 9.17) is 16.0 Å². The van der Waals surface area contributed by atoms with Gasteiger partial charge in [0, 0.05) is 23.9 Å². The van der Waals surface area contributed by atoms with Gasteiger partial charge in [0.25, 0.3) is 0 Å². The summed E-state index contributed by atoms with van der Waals surface area (Å²) in [4.78, 5) is 0. The van der Waals surface area contributed by atoms with Crippen LogP contribution in [-0.2, 0) is 6.42 Å². The van der Waals surface area contributed by atoms with E-state index in [-0.39, 0.29) is 0 Å². The number of hydrogen-bond acceptors (Lipinski definition) is 3. The number of rotatable bonds is 4. The van der Waals surface area contributed by atoms with Crippen molar-refractivity contribution in [2.45, 2.75) is 13.3 Å². The Hall–Kier alpha value is -2.13. The van der Waals surface area contributed by atoms with Crippen molar-refractivity contribution in [1.29, 1.82) is 0 Å². The lowest BCUT2D eigenvalue weighted by atomic mass is 10.0. The average Bonchev–Trinajstić information content (AvgIpc) is 2.92. The van der Waals surface area contributed by atoms with Crippen LogP contribution in [0.15, 0.2) is 52.9 Å². The number of halogens is 1. The van der Waals surface area contributed by atoms with Crippen LogP contribution in [0.4, 0.5) is 0 Å². The van der Waals surface area contributed by atoms with Crippen LogP contribution in [0.3, 0.4) is 0 Å². The molecular weight excluding hydrogens is 284 g/mol. The third-order valence-electron chi connectivity index (χ3n) is 3.15. The fourth-order valence-electron chi connectivity index (χ4n) is 2.15. The van der Waals surface area contributed by atoms with Crippen LogP contribution < -0.4 is 0 Å². The lowest BCUT2D eigenvalue weighted by Gasteiger charge is -2.06. The molecule has 1 radical (unpaired) electrons. The molecule has 1 heterocycles. The third-order valence-corrected chi connectivity index (χ3v) is 3.48. The molecule has 0 saturated heterocycles. The minimum absolute atomic E-state index is 0.586. The molecule has 3 nitrogen and oxygen atoms in total. The Balaban J connectivity index is 1.79. The van der Waals surface area contributed by atoms with Gasteiger partial charge in [-0.25, -0.2) is 0 Å². The minimum Gasteiger partial charge on any atom is -0.426 e. The highest BCUT2D eigenvalue weighted by molar-refractivity contribution is 6.33. The maximum atomic E-state index is 6.24. The maximum absolute atomic E-state index is 6.24.